The molecule has 0 aromatic heterocycles. The Labute approximate surface area is 134 Å². The average Bonchev–Trinajstić information content (AvgIpc) is 2.99. The fraction of sp³-hybridized carbons (Fsp3) is 0.105. The molecular weight excluding hydrogens is 292 g/mol. The van der Waals surface area contributed by atoms with Crippen LogP contribution in [-0.4, -0.2) is 13.1 Å². The van der Waals surface area contributed by atoms with Crippen LogP contribution >= 0.6 is 0 Å². The lowest BCUT2D eigenvalue weighted by atomic mass is 10.1. The zero-order valence-electron chi connectivity index (χ0n) is 12.7. The number of benzene rings is 2. The second-order valence-electron chi connectivity index (χ2n) is 4.99. The maximum Gasteiger partial charge on any atom is 0.336 e. The maximum atomic E-state index is 11.0. The van der Waals surface area contributed by atoms with Crippen LogP contribution in [0.5, 0.6) is 11.5 Å². The van der Waals surface area contributed by atoms with Gasteiger partial charge in [-0.15, -0.1) is 0 Å². The van der Waals surface area contributed by atoms with Crippen LogP contribution < -0.4 is 9.47 Å². The molecule has 0 atom stereocenters. The summed E-state index contributed by atoms with van der Waals surface area (Å²) >= 11 is 0. The summed E-state index contributed by atoms with van der Waals surface area (Å²) in [5.74, 6) is 1.45. The van der Waals surface area contributed by atoms with E-state index in [-0.39, 0.29) is 5.97 Å². The lowest BCUT2D eigenvalue weighted by Crippen LogP contribution is -1.98. The Hall–Kier alpha value is -3.01. The molecule has 0 N–H and O–H groups in total. The first-order valence-electron chi connectivity index (χ1n) is 7.21. The minimum Gasteiger partial charge on any atom is -0.493 e. The summed E-state index contributed by atoms with van der Waals surface area (Å²) in [6, 6.07) is 15.5. The average molecular weight is 308 g/mol. The normalized spacial score (nSPS) is 14.8. The molecule has 1 heterocycles. The maximum absolute atomic E-state index is 11.0. The first-order chi connectivity index (χ1) is 11.2. The first kappa shape index (κ1) is 14.9. The van der Waals surface area contributed by atoms with E-state index in [0.29, 0.717) is 23.9 Å². The summed E-state index contributed by atoms with van der Waals surface area (Å²) in [5.41, 5.74) is 1.95. The van der Waals surface area contributed by atoms with E-state index in [1.807, 2.05) is 48.5 Å². The number of carbonyl (C=O) groups excluding carboxylic acids is 1. The zero-order valence-corrected chi connectivity index (χ0v) is 12.7. The summed E-state index contributed by atoms with van der Waals surface area (Å²) in [7, 11) is 1.59. The molecular formula is C19H16O4. The predicted molar refractivity (Wildman–Crippen MR) is 87.0 cm³/mol. The number of allylic oxidation sites excluding steroid dienone is 1. The molecule has 0 amide bonds. The van der Waals surface area contributed by atoms with Gasteiger partial charge in [0.15, 0.2) is 11.5 Å². The van der Waals surface area contributed by atoms with E-state index < -0.39 is 0 Å². The largest absolute Gasteiger partial charge is 0.493 e. The molecule has 0 radical (unpaired) electrons. The molecule has 0 saturated carbocycles. The van der Waals surface area contributed by atoms with E-state index in [9.17, 15) is 4.79 Å². The molecule has 0 bridgehead atoms. The third-order valence-electron chi connectivity index (χ3n) is 3.34. The van der Waals surface area contributed by atoms with Crippen molar-refractivity contribution in [1.82, 2.24) is 0 Å². The van der Waals surface area contributed by atoms with Crippen molar-refractivity contribution in [3.63, 3.8) is 0 Å². The summed E-state index contributed by atoms with van der Waals surface area (Å²) in [6.07, 6.45) is 4.79. The molecule has 0 aliphatic carbocycles. The van der Waals surface area contributed by atoms with Gasteiger partial charge in [0, 0.05) is 6.08 Å². The first-order valence-corrected chi connectivity index (χ1v) is 7.21. The minimum absolute atomic E-state index is 0.356. The lowest BCUT2D eigenvalue weighted by molar-refractivity contribution is -0.132. The number of esters is 1. The number of carbonyl (C=O) groups is 1. The number of methoxy groups -OCH3 is 1. The van der Waals surface area contributed by atoms with E-state index in [4.69, 9.17) is 14.2 Å². The van der Waals surface area contributed by atoms with Gasteiger partial charge in [0.2, 0.25) is 0 Å². The van der Waals surface area contributed by atoms with Crippen LogP contribution in [0.1, 0.15) is 11.1 Å². The highest BCUT2D eigenvalue weighted by Gasteiger charge is 2.10. The summed E-state index contributed by atoms with van der Waals surface area (Å²) < 4.78 is 16.2. The van der Waals surface area contributed by atoms with Gasteiger partial charge < -0.3 is 14.2 Å². The van der Waals surface area contributed by atoms with E-state index in [1.54, 1.807) is 19.3 Å². The molecule has 0 fully saturated rings. The Balaban J connectivity index is 1.74. The molecule has 3 rings (SSSR count). The quantitative estimate of drug-likeness (QED) is 0.790. The van der Waals surface area contributed by atoms with Crippen molar-refractivity contribution in [3.05, 3.63) is 77.6 Å². The molecule has 0 saturated heterocycles. The minimum atomic E-state index is -0.356. The van der Waals surface area contributed by atoms with E-state index >= 15 is 0 Å². The molecule has 1 aliphatic heterocycles. The third-order valence-corrected chi connectivity index (χ3v) is 3.34. The summed E-state index contributed by atoms with van der Waals surface area (Å²) in [4.78, 5) is 11.0. The predicted octanol–water partition coefficient (Wildman–Crippen LogP) is 3.73. The Bertz CT molecular complexity index is 760. The Kier molecular flexibility index (Phi) is 4.43. The van der Waals surface area contributed by atoms with Gasteiger partial charge in [0.25, 0.3) is 0 Å². The van der Waals surface area contributed by atoms with Gasteiger partial charge in [0.05, 0.1) is 7.11 Å². The lowest BCUT2D eigenvalue weighted by Gasteiger charge is -2.11. The van der Waals surface area contributed by atoms with Crippen molar-refractivity contribution in [2.24, 2.45) is 0 Å². The van der Waals surface area contributed by atoms with Gasteiger partial charge >= 0.3 is 5.97 Å². The highest BCUT2D eigenvalue weighted by Crippen LogP contribution is 2.30. The molecule has 4 heteroatoms. The van der Waals surface area contributed by atoms with Gasteiger partial charge in [-0.05, 0) is 35.4 Å². The molecule has 1 aliphatic rings. The van der Waals surface area contributed by atoms with E-state index in [1.165, 1.54) is 6.08 Å². The van der Waals surface area contributed by atoms with Crippen LogP contribution in [0.15, 0.2) is 66.4 Å². The van der Waals surface area contributed by atoms with Crippen molar-refractivity contribution in [2.75, 3.05) is 7.11 Å². The fourth-order valence-electron chi connectivity index (χ4n) is 2.20. The van der Waals surface area contributed by atoms with Crippen molar-refractivity contribution in [3.8, 4) is 11.5 Å². The monoisotopic (exact) mass is 308 g/mol. The second kappa shape index (κ2) is 6.83. The number of cyclic esters (lactones) is 1. The van der Waals surface area contributed by atoms with Crippen molar-refractivity contribution < 1.29 is 19.0 Å². The highest BCUT2D eigenvalue weighted by atomic mass is 16.5. The number of hydrogen-bond acceptors (Lipinski definition) is 4. The number of ether oxygens (including phenoxy) is 3. The van der Waals surface area contributed by atoms with Crippen molar-refractivity contribution in [1.29, 1.82) is 0 Å². The Morgan fingerprint density at radius 2 is 1.87 bits per heavy atom. The topological polar surface area (TPSA) is 44.8 Å². The van der Waals surface area contributed by atoms with Gasteiger partial charge in [-0.25, -0.2) is 4.79 Å². The number of rotatable bonds is 5. The van der Waals surface area contributed by atoms with Gasteiger partial charge in [-0.2, -0.15) is 0 Å². The molecule has 116 valence electrons. The summed E-state index contributed by atoms with van der Waals surface area (Å²) in [5, 5.41) is 0. The van der Waals surface area contributed by atoms with Crippen molar-refractivity contribution in [2.45, 2.75) is 6.61 Å². The van der Waals surface area contributed by atoms with E-state index in [2.05, 4.69) is 0 Å². The number of hydrogen-bond donors (Lipinski definition) is 0. The van der Waals surface area contributed by atoms with Gasteiger partial charge in [-0.3, -0.25) is 0 Å². The SMILES string of the molecule is COc1cc(/C=C2/C=CC(=O)O2)ccc1OCc1ccccc1. The molecule has 23 heavy (non-hydrogen) atoms. The van der Waals surface area contributed by atoms with Crippen LogP contribution in [0.4, 0.5) is 0 Å². The fourth-order valence-corrected chi connectivity index (χ4v) is 2.20. The smallest absolute Gasteiger partial charge is 0.336 e. The summed E-state index contributed by atoms with van der Waals surface area (Å²) in [6.45, 7) is 0.470. The molecule has 2 aromatic carbocycles. The Morgan fingerprint density at radius 3 is 2.57 bits per heavy atom. The third kappa shape index (κ3) is 3.80. The van der Waals surface area contributed by atoms with Crippen LogP contribution in [-0.2, 0) is 16.1 Å². The molecule has 0 spiro atoms. The van der Waals surface area contributed by atoms with Crippen LogP contribution in [0.2, 0.25) is 0 Å². The van der Waals surface area contributed by atoms with E-state index in [0.717, 1.165) is 11.1 Å². The standard InChI is InChI=1S/C19H16O4/c1-21-18-12-15(11-16-8-10-19(20)23-16)7-9-17(18)22-13-14-5-3-2-4-6-14/h2-12H,13H2,1H3/b16-11-. The van der Waals surface area contributed by atoms with Crippen LogP contribution in [0, 0.1) is 0 Å². The molecule has 0 unspecified atom stereocenters. The highest BCUT2D eigenvalue weighted by molar-refractivity contribution is 5.87. The van der Waals surface area contributed by atoms with Gasteiger partial charge in [-0.1, -0.05) is 36.4 Å². The Morgan fingerprint density at radius 1 is 1.04 bits per heavy atom. The molecule has 2 aromatic rings. The van der Waals surface area contributed by atoms with Gasteiger partial charge in [0.1, 0.15) is 12.4 Å². The van der Waals surface area contributed by atoms with Crippen molar-refractivity contribution >= 4 is 12.0 Å². The van der Waals surface area contributed by atoms with Crippen LogP contribution in [0.3, 0.4) is 0 Å². The molecule has 4 nitrogen and oxygen atoms in total. The van der Waals surface area contributed by atoms with Crippen LogP contribution in [0.25, 0.3) is 6.08 Å². The second-order valence-corrected chi connectivity index (χ2v) is 4.99. The zero-order chi connectivity index (χ0) is 16.1.